The summed E-state index contributed by atoms with van der Waals surface area (Å²) in [5, 5.41) is 11.5. The van der Waals surface area contributed by atoms with Crippen LogP contribution in [0.25, 0.3) is 10.8 Å². The number of ether oxygens (including phenoxy) is 2. The van der Waals surface area contributed by atoms with E-state index in [9.17, 15) is 14.7 Å². The third-order valence-electron chi connectivity index (χ3n) is 5.49. The number of nitrogens with zero attached hydrogens (tertiary/aromatic N) is 2. The van der Waals surface area contributed by atoms with Gasteiger partial charge in [0.2, 0.25) is 5.91 Å². The van der Waals surface area contributed by atoms with Gasteiger partial charge in [-0.2, -0.15) is 0 Å². The molecule has 7 heteroatoms. The summed E-state index contributed by atoms with van der Waals surface area (Å²) in [6, 6.07) is 20.2. The van der Waals surface area contributed by atoms with E-state index >= 15 is 0 Å². The van der Waals surface area contributed by atoms with E-state index in [0.717, 1.165) is 10.8 Å². The van der Waals surface area contributed by atoms with E-state index in [0.29, 0.717) is 37.7 Å². The molecule has 0 atom stereocenters. The molecule has 1 aliphatic heterocycles. The average Bonchev–Trinajstić information content (AvgIpc) is 2.83. The SMILES string of the molecule is O=C(CCOc1ccc(O)cc1)N1CCN(C(=O)COc2ccc3ccccc3c2)CC1. The van der Waals surface area contributed by atoms with Gasteiger partial charge in [-0.3, -0.25) is 9.59 Å². The zero-order chi connectivity index (χ0) is 22.3. The average molecular weight is 434 g/mol. The van der Waals surface area contributed by atoms with Crippen LogP contribution in [0.1, 0.15) is 6.42 Å². The van der Waals surface area contributed by atoms with Gasteiger partial charge in [0.05, 0.1) is 13.0 Å². The van der Waals surface area contributed by atoms with Gasteiger partial charge in [0.15, 0.2) is 6.61 Å². The summed E-state index contributed by atoms with van der Waals surface area (Å²) in [5.74, 6) is 1.37. The molecule has 0 bridgehead atoms. The van der Waals surface area contributed by atoms with E-state index in [1.54, 1.807) is 21.9 Å². The van der Waals surface area contributed by atoms with E-state index in [-0.39, 0.29) is 37.2 Å². The second-order valence-electron chi connectivity index (χ2n) is 7.65. The van der Waals surface area contributed by atoms with Crippen LogP contribution in [-0.2, 0) is 9.59 Å². The fourth-order valence-electron chi connectivity index (χ4n) is 3.66. The summed E-state index contributed by atoms with van der Waals surface area (Å²) in [5.41, 5.74) is 0. The summed E-state index contributed by atoms with van der Waals surface area (Å²) in [4.78, 5) is 28.4. The first-order valence-corrected chi connectivity index (χ1v) is 10.7. The van der Waals surface area contributed by atoms with Crippen LogP contribution in [0, 0.1) is 0 Å². The third-order valence-corrected chi connectivity index (χ3v) is 5.49. The molecule has 0 aromatic heterocycles. The highest BCUT2D eigenvalue weighted by molar-refractivity contribution is 5.84. The van der Waals surface area contributed by atoms with Crippen molar-refractivity contribution in [2.75, 3.05) is 39.4 Å². The molecule has 2 amide bonds. The lowest BCUT2D eigenvalue weighted by Gasteiger charge is -2.34. The monoisotopic (exact) mass is 434 g/mol. The summed E-state index contributed by atoms with van der Waals surface area (Å²) in [6.07, 6.45) is 0.264. The maximum Gasteiger partial charge on any atom is 0.260 e. The van der Waals surface area contributed by atoms with Gasteiger partial charge in [-0.15, -0.1) is 0 Å². The highest BCUT2D eigenvalue weighted by Crippen LogP contribution is 2.21. The van der Waals surface area contributed by atoms with Gasteiger partial charge < -0.3 is 24.4 Å². The maximum absolute atomic E-state index is 12.5. The number of aromatic hydroxyl groups is 1. The first-order valence-electron chi connectivity index (χ1n) is 10.7. The van der Waals surface area contributed by atoms with Crippen molar-refractivity contribution in [2.24, 2.45) is 0 Å². The molecule has 32 heavy (non-hydrogen) atoms. The first-order chi connectivity index (χ1) is 15.6. The molecule has 0 radical (unpaired) electrons. The fourth-order valence-corrected chi connectivity index (χ4v) is 3.66. The molecular formula is C25H26N2O5. The molecule has 4 rings (SSSR count). The largest absolute Gasteiger partial charge is 0.508 e. The number of piperazine rings is 1. The molecule has 3 aromatic rings. The van der Waals surface area contributed by atoms with Crippen LogP contribution in [0.4, 0.5) is 0 Å². The van der Waals surface area contributed by atoms with Crippen molar-refractivity contribution >= 4 is 22.6 Å². The number of carbonyl (C=O) groups excluding carboxylic acids is 2. The van der Waals surface area contributed by atoms with E-state index in [1.165, 1.54) is 12.1 Å². The highest BCUT2D eigenvalue weighted by atomic mass is 16.5. The standard InChI is InChI=1S/C25H26N2O5/c28-21-6-9-22(10-7-21)31-16-11-24(29)26-12-14-27(15-13-26)25(30)18-32-23-8-5-19-3-1-2-4-20(19)17-23/h1-10,17,28H,11-16,18H2. The second-order valence-corrected chi connectivity index (χ2v) is 7.65. The van der Waals surface area contributed by atoms with E-state index in [2.05, 4.69) is 0 Å². The minimum Gasteiger partial charge on any atom is -0.508 e. The van der Waals surface area contributed by atoms with Gasteiger partial charge in [0.25, 0.3) is 5.91 Å². The lowest BCUT2D eigenvalue weighted by molar-refractivity contribution is -0.141. The van der Waals surface area contributed by atoms with E-state index in [1.807, 2.05) is 42.5 Å². The Morgan fingerprint density at radius 1 is 0.750 bits per heavy atom. The number of phenols is 1. The van der Waals surface area contributed by atoms with Crippen molar-refractivity contribution in [3.8, 4) is 17.2 Å². The molecule has 1 N–H and O–H groups in total. The molecule has 1 saturated heterocycles. The van der Waals surface area contributed by atoms with Crippen molar-refractivity contribution < 1.29 is 24.2 Å². The normalized spacial score (nSPS) is 13.8. The first kappa shape index (κ1) is 21.5. The summed E-state index contributed by atoms with van der Waals surface area (Å²) >= 11 is 0. The molecule has 7 nitrogen and oxygen atoms in total. The Labute approximate surface area is 186 Å². The third kappa shape index (κ3) is 5.49. The van der Waals surface area contributed by atoms with Crippen LogP contribution in [0.5, 0.6) is 17.2 Å². The molecule has 0 unspecified atom stereocenters. The number of hydrogen-bond acceptors (Lipinski definition) is 5. The van der Waals surface area contributed by atoms with Crippen LogP contribution in [-0.4, -0.2) is 66.1 Å². The summed E-state index contributed by atoms with van der Waals surface area (Å²) in [7, 11) is 0. The number of hydrogen-bond donors (Lipinski definition) is 1. The van der Waals surface area contributed by atoms with E-state index in [4.69, 9.17) is 9.47 Å². The van der Waals surface area contributed by atoms with Crippen molar-refractivity contribution in [3.63, 3.8) is 0 Å². The Kier molecular flexibility index (Phi) is 6.75. The number of carbonyl (C=O) groups is 2. The van der Waals surface area contributed by atoms with Crippen molar-refractivity contribution in [1.82, 2.24) is 9.80 Å². The highest BCUT2D eigenvalue weighted by Gasteiger charge is 2.24. The molecule has 1 fully saturated rings. The minimum atomic E-state index is -0.0825. The summed E-state index contributed by atoms with van der Waals surface area (Å²) in [6.45, 7) is 2.23. The molecule has 0 saturated carbocycles. The zero-order valence-electron chi connectivity index (χ0n) is 17.8. The van der Waals surface area contributed by atoms with Gasteiger partial charge in [-0.05, 0) is 47.2 Å². The molecule has 1 heterocycles. The fraction of sp³-hybridized carbons (Fsp3) is 0.280. The van der Waals surface area contributed by atoms with Crippen LogP contribution in [0.2, 0.25) is 0 Å². The van der Waals surface area contributed by atoms with Crippen LogP contribution in [0.3, 0.4) is 0 Å². The molecule has 0 spiro atoms. The Morgan fingerprint density at radius 3 is 2.09 bits per heavy atom. The maximum atomic E-state index is 12.5. The smallest absolute Gasteiger partial charge is 0.260 e. The zero-order valence-corrected chi connectivity index (χ0v) is 17.8. The Hall–Kier alpha value is -3.74. The van der Waals surface area contributed by atoms with Gasteiger partial charge in [0.1, 0.15) is 17.2 Å². The predicted molar refractivity (Wildman–Crippen MR) is 121 cm³/mol. The van der Waals surface area contributed by atoms with Gasteiger partial charge >= 0.3 is 0 Å². The Balaban J connectivity index is 1.18. The van der Waals surface area contributed by atoms with Crippen LogP contribution < -0.4 is 9.47 Å². The minimum absolute atomic E-state index is 0.00305. The number of fused-ring (bicyclic) bond motifs is 1. The lowest BCUT2D eigenvalue weighted by atomic mass is 10.1. The van der Waals surface area contributed by atoms with Crippen LogP contribution in [0.15, 0.2) is 66.7 Å². The second kappa shape index (κ2) is 10.0. The predicted octanol–water partition coefficient (Wildman–Crippen LogP) is 3.06. The number of phenolic OH excluding ortho intramolecular Hbond substituents is 1. The molecule has 3 aromatic carbocycles. The number of amides is 2. The summed E-state index contributed by atoms with van der Waals surface area (Å²) < 4.78 is 11.2. The molecule has 1 aliphatic rings. The number of rotatable bonds is 7. The van der Waals surface area contributed by atoms with Crippen molar-refractivity contribution in [2.45, 2.75) is 6.42 Å². The molecule has 0 aliphatic carbocycles. The molecule has 166 valence electrons. The van der Waals surface area contributed by atoms with Crippen molar-refractivity contribution in [3.05, 3.63) is 66.7 Å². The quantitative estimate of drug-likeness (QED) is 0.618. The van der Waals surface area contributed by atoms with Gasteiger partial charge in [0, 0.05) is 26.2 Å². The van der Waals surface area contributed by atoms with Crippen LogP contribution >= 0.6 is 0 Å². The van der Waals surface area contributed by atoms with E-state index < -0.39 is 0 Å². The Morgan fingerprint density at radius 2 is 1.38 bits per heavy atom. The van der Waals surface area contributed by atoms with Crippen molar-refractivity contribution in [1.29, 1.82) is 0 Å². The topological polar surface area (TPSA) is 79.3 Å². The Bertz CT molecular complexity index is 1080. The van der Waals surface area contributed by atoms with Gasteiger partial charge in [-0.25, -0.2) is 0 Å². The lowest BCUT2D eigenvalue weighted by Crippen LogP contribution is -2.51. The van der Waals surface area contributed by atoms with Gasteiger partial charge in [-0.1, -0.05) is 30.3 Å². The number of benzene rings is 3. The molecular weight excluding hydrogens is 408 g/mol.